The van der Waals surface area contributed by atoms with E-state index in [2.05, 4.69) is 16.0 Å². The van der Waals surface area contributed by atoms with Crippen LogP contribution in [0.2, 0.25) is 0 Å². The van der Waals surface area contributed by atoms with Gasteiger partial charge in [0, 0.05) is 25.2 Å². The molecule has 3 amide bonds. The first-order valence-corrected chi connectivity index (χ1v) is 8.98. The van der Waals surface area contributed by atoms with Crippen molar-refractivity contribution in [1.29, 1.82) is 0 Å². The Hall–Kier alpha value is -3.68. The Morgan fingerprint density at radius 3 is 2.21 bits per heavy atom. The summed E-state index contributed by atoms with van der Waals surface area (Å²) in [4.78, 5) is 47.0. The highest BCUT2D eigenvalue weighted by Gasteiger charge is 2.18. The third kappa shape index (κ3) is 7.10. The van der Waals surface area contributed by atoms with Gasteiger partial charge in [-0.3, -0.25) is 19.2 Å². The summed E-state index contributed by atoms with van der Waals surface area (Å²) >= 11 is 0. The van der Waals surface area contributed by atoms with Crippen LogP contribution >= 0.6 is 0 Å². The molecule has 0 spiro atoms. The van der Waals surface area contributed by atoms with E-state index in [0.29, 0.717) is 11.3 Å². The van der Waals surface area contributed by atoms with E-state index < -0.39 is 24.5 Å². The second-order valence-electron chi connectivity index (χ2n) is 6.23. The number of benzene rings is 2. The van der Waals surface area contributed by atoms with E-state index in [1.54, 1.807) is 48.5 Å². The lowest BCUT2D eigenvalue weighted by Gasteiger charge is -2.17. The molecule has 29 heavy (non-hydrogen) atoms. The summed E-state index contributed by atoms with van der Waals surface area (Å²) in [5, 5.41) is 7.79. The van der Waals surface area contributed by atoms with Gasteiger partial charge in [0.15, 0.2) is 6.61 Å². The second kappa shape index (κ2) is 10.6. The lowest BCUT2D eigenvalue weighted by molar-refractivity contribution is -0.148. The molecule has 0 aliphatic carbocycles. The standard InChI is InChI=1S/C21H23N3O5/c1-14(25)23-18(15-6-4-3-5-7-15)12-20(27)29-13-19(26)24-17-10-8-16(9-11-17)21(28)22-2/h3-11,18H,12-13H2,1-2H3,(H,22,28)(H,23,25)(H,24,26)/t18-/m0/s1. The van der Waals surface area contributed by atoms with E-state index in [0.717, 1.165) is 5.56 Å². The first-order valence-electron chi connectivity index (χ1n) is 8.98. The number of hydrogen-bond donors (Lipinski definition) is 3. The number of carbonyl (C=O) groups is 4. The van der Waals surface area contributed by atoms with Gasteiger partial charge in [-0.05, 0) is 29.8 Å². The smallest absolute Gasteiger partial charge is 0.308 e. The van der Waals surface area contributed by atoms with Crippen LogP contribution in [-0.2, 0) is 19.1 Å². The summed E-state index contributed by atoms with van der Waals surface area (Å²) < 4.78 is 5.02. The molecule has 1 atom stereocenters. The number of nitrogens with one attached hydrogen (secondary N) is 3. The zero-order chi connectivity index (χ0) is 21.2. The minimum atomic E-state index is -0.613. The molecule has 0 unspecified atom stereocenters. The Balaban J connectivity index is 1.86. The van der Waals surface area contributed by atoms with Crippen LogP contribution < -0.4 is 16.0 Å². The van der Waals surface area contributed by atoms with Crippen LogP contribution in [0.3, 0.4) is 0 Å². The highest BCUT2D eigenvalue weighted by Crippen LogP contribution is 2.17. The fourth-order valence-corrected chi connectivity index (χ4v) is 2.60. The molecule has 8 nitrogen and oxygen atoms in total. The average molecular weight is 397 g/mol. The van der Waals surface area contributed by atoms with Crippen LogP contribution in [0.1, 0.15) is 35.3 Å². The SMILES string of the molecule is CNC(=O)c1ccc(NC(=O)COC(=O)C[C@H](NC(C)=O)c2ccccc2)cc1. The molecule has 0 heterocycles. The summed E-state index contributed by atoms with van der Waals surface area (Å²) in [6, 6.07) is 14.8. The quantitative estimate of drug-likeness (QED) is 0.588. The maximum atomic E-state index is 12.1. The Kier molecular flexibility index (Phi) is 7.90. The normalized spacial score (nSPS) is 11.1. The number of amides is 3. The first kappa shape index (κ1) is 21.6. The van der Waals surface area contributed by atoms with Gasteiger partial charge in [-0.1, -0.05) is 30.3 Å². The van der Waals surface area contributed by atoms with Crippen LogP contribution in [0.25, 0.3) is 0 Å². The van der Waals surface area contributed by atoms with Crippen molar-refractivity contribution in [2.75, 3.05) is 19.0 Å². The van der Waals surface area contributed by atoms with Crippen molar-refractivity contribution >= 4 is 29.4 Å². The maximum absolute atomic E-state index is 12.1. The molecule has 3 N–H and O–H groups in total. The molecule has 0 fully saturated rings. The summed E-state index contributed by atoms with van der Waals surface area (Å²) in [5.41, 5.74) is 1.70. The van der Waals surface area contributed by atoms with E-state index >= 15 is 0 Å². The Morgan fingerprint density at radius 1 is 0.966 bits per heavy atom. The average Bonchev–Trinajstić information content (AvgIpc) is 2.72. The molecule has 152 valence electrons. The molecule has 0 aliphatic rings. The zero-order valence-corrected chi connectivity index (χ0v) is 16.2. The Morgan fingerprint density at radius 2 is 1.62 bits per heavy atom. The summed E-state index contributed by atoms with van der Waals surface area (Å²) in [6.07, 6.45) is -0.0995. The highest BCUT2D eigenvalue weighted by atomic mass is 16.5. The van der Waals surface area contributed by atoms with Crippen molar-refractivity contribution in [3.8, 4) is 0 Å². The van der Waals surface area contributed by atoms with Crippen LogP contribution in [0.15, 0.2) is 54.6 Å². The van der Waals surface area contributed by atoms with Gasteiger partial charge in [0.25, 0.3) is 11.8 Å². The number of carbonyl (C=O) groups excluding carboxylic acids is 4. The molecule has 0 aromatic heterocycles. The maximum Gasteiger partial charge on any atom is 0.308 e. The molecule has 0 radical (unpaired) electrons. The summed E-state index contributed by atoms with van der Waals surface area (Å²) in [7, 11) is 1.53. The zero-order valence-electron chi connectivity index (χ0n) is 16.2. The molecule has 2 aromatic rings. The van der Waals surface area contributed by atoms with Crippen LogP contribution in [0.5, 0.6) is 0 Å². The number of hydrogen-bond acceptors (Lipinski definition) is 5. The Bertz CT molecular complexity index is 866. The summed E-state index contributed by atoms with van der Waals surface area (Å²) in [6.45, 7) is 0.905. The predicted octanol–water partition coefficient (Wildman–Crippen LogP) is 1.80. The minimum absolute atomic E-state index is 0.0995. The van der Waals surface area contributed by atoms with Gasteiger partial charge in [0.05, 0.1) is 12.5 Å². The highest BCUT2D eigenvalue weighted by molar-refractivity contribution is 5.96. The molecular formula is C21H23N3O5. The molecule has 0 saturated carbocycles. The van der Waals surface area contributed by atoms with E-state index in [1.165, 1.54) is 14.0 Å². The van der Waals surface area contributed by atoms with Crippen LogP contribution in [-0.4, -0.2) is 37.3 Å². The number of anilines is 1. The van der Waals surface area contributed by atoms with Gasteiger partial charge in [-0.2, -0.15) is 0 Å². The van der Waals surface area contributed by atoms with E-state index in [4.69, 9.17) is 4.74 Å². The fourth-order valence-electron chi connectivity index (χ4n) is 2.60. The van der Waals surface area contributed by atoms with Crippen molar-refractivity contribution in [3.05, 3.63) is 65.7 Å². The fraction of sp³-hybridized carbons (Fsp3) is 0.238. The molecule has 2 aromatic carbocycles. The molecule has 0 aliphatic heterocycles. The summed E-state index contributed by atoms with van der Waals surface area (Å²) in [5.74, 6) is -1.63. The molecule has 8 heteroatoms. The van der Waals surface area contributed by atoms with Gasteiger partial charge in [-0.15, -0.1) is 0 Å². The van der Waals surface area contributed by atoms with E-state index in [9.17, 15) is 19.2 Å². The number of esters is 1. The van der Waals surface area contributed by atoms with Crippen molar-refractivity contribution in [1.82, 2.24) is 10.6 Å². The molecule has 0 saturated heterocycles. The predicted molar refractivity (Wildman–Crippen MR) is 107 cm³/mol. The number of rotatable bonds is 8. The van der Waals surface area contributed by atoms with Crippen molar-refractivity contribution in [2.45, 2.75) is 19.4 Å². The first-order chi connectivity index (χ1) is 13.9. The van der Waals surface area contributed by atoms with Crippen molar-refractivity contribution < 1.29 is 23.9 Å². The Labute approximate surface area is 168 Å². The van der Waals surface area contributed by atoms with Crippen LogP contribution in [0, 0.1) is 0 Å². The minimum Gasteiger partial charge on any atom is -0.455 e. The molecule has 0 bridgehead atoms. The molecular weight excluding hydrogens is 374 g/mol. The van der Waals surface area contributed by atoms with Crippen LogP contribution in [0.4, 0.5) is 5.69 Å². The second-order valence-corrected chi connectivity index (χ2v) is 6.23. The van der Waals surface area contributed by atoms with Gasteiger partial charge in [-0.25, -0.2) is 0 Å². The monoisotopic (exact) mass is 397 g/mol. The van der Waals surface area contributed by atoms with Crippen molar-refractivity contribution in [3.63, 3.8) is 0 Å². The lowest BCUT2D eigenvalue weighted by Crippen LogP contribution is -2.29. The largest absolute Gasteiger partial charge is 0.455 e. The third-order valence-electron chi connectivity index (χ3n) is 3.97. The number of ether oxygens (including phenoxy) is 1. The van der Waals surface area contributed by atoms with Gasteiger partial charge >= 0.3 is 5.97 Å². The van der Waals surface area contributed by atoms with Gasteiger partial charge < -0.3 is 20.7 Å². The third-order valence-corrected chi connectivity index (χ3v) is 3.97. The van der Waals surface area contributed by atoms with Gasteiger partial charge in [0.2, 0.25) is 5.91 Å². The van der Waals surface area contributed by atoms with E-state index in [-0.39, 0.29) is 18.2 Å². The topological polar surface area (TPSA) is 114 Å². The van der Waals surface area contributed by atoms with E-state index in [1.807, 2.05) is 6.07 Å². The van der Waals surface area contributed by atoms with Crippen molar-refractivity contribution in [2.24, 2.45) is 0 Å². The lowest BCUT2D eigenvalue weighted by atomic mass is 10.0. The van der Waals surface area contributed by atoms with Gasteiger partial charge in [0.1, 0.15) is 0 Å². The molecule has 2 rings (SSSR count).